The molecule has 112 valence electrons. The van der Waals surface area contributed by atoms with Crippen molar-refractivity contribution in [2.75, 3.05) is 39.5 Å². The van der Waals surface area contributed by atoms with Crippen molar-refractivity contribution in [2.24, 2.45) is 0 Å². The number of nitrogens with zero attached hydrogens (tertiary/aromatic N) is 2. The Balaban J connectivity index is 1.86. The first-order valence-electron chi connectivity index (χ1n) is 7.78. The van der Waals surface area contributed by atoms with Crippen LogP contribution in [0.25, 0.3) is 0 Å². The van der Waals surface area contributed by atoms with Crippen LogP contribution >= 0.6 is 0 Å². The van der Waals surface area contributed by atoms with E-state index in [9.17, 15) is 0 Å². The van der Waals surface area contributed by atoms with Crippen LogP contribution in [-0.4, -0.2) is 73.5 Å². The summed E-state index contributed by atoms with van der Waals surface area (Å²) in [6, 6.07) is 1.72. The third kappa shape index (κ3) is 3.91. The zero-order valence-corrected chi connectivity index (χ0v) is 13.0. The quantitative estimate of drug-likeness (QED) is 0.774. The van der Waals surface area contributed by atoms with Gasteiger partial charge in [-0.05, 0) is 34.1 Å². The molecule has 0 radical (unpaired) electrons. The highest BCUT2D eigenvalue weighted by Crippen LogP contribution is 2.22. The molecule has 3 unspecified atom stereocenters. The zero-order valence-electron chi connectivity index (χ0n) is 13.0. The molecule has 0 aromatic heterocycles. The van der Waals surface area contributed by atoms with E-state index in [4.69, 9.17) is 9.47 Å². The molecular weight excluding hydrogens is 240 g/mol. The minimum atomic E-state index is 0.369. The first-order valence-corrected chi connectivity index (χ1v) is 7.78. The Hall–Kier alpha value is -0.160. The van der Waals surface area contributed by atoms with Gasteiger partial charge in [-0.3, -0.25) is 9.80 Å². The first-order chi connectivity index (χ1) is 9.09. The van der Waals surface area contributed by atoms with Crippen molar-refractivity contribution in [2.45, 2.75) is 58.3 Å². The van der Waals surface area contributed by atoms with Crippen LogP contribution in [0.1, 0.15) is 34.1 Å². The molecule has 19 heavy (non-hydrogen) atoms. The average molecular weight is 270 g/mol. The van der Waals surface area contributed by atoms with Crippen LogP contribution in [0.4, 0.5) is 0 Å². The van der Waals surface area contributed by atoms with Crippen molar-refractivity contribution in [1.82, 2.24) is 9.80 Å². The van der Waals surface area contributed by atoms with E-state index in [-0.39, 0.29) is 0 Å². The van der Waals surface area contributed by atoms with Gasteiger partial charge in [0.05, 0.1) is 25.9 Å². The van der Waals surface area contributed by atoms with E-state index < -0.39 is 0 Å². The molecule has 0 aromatic rings. The molecule has 0 amide bonds. The Morgan fingerprint density at radius 2 is 1.74 bits per heavy atom. The number of rotatable bonds is 4. The van der Waals surface area contributed by atoms with Crippen molar-refractivity contribution < 1.29 is 9.47 Å². The van der Waals surface area contributed by atoms with E-state index in [2.05, 4.69) is 37.5 Å². The van der Waals surface area contributed by atoms with Crippen molar-refractivity contribution in [1.29, 1.82) is 0 Å². The lowest BCUT2D eigenvalue weighted by molar-refractivity contribution is -0.0899. The molecule has 4 nitrogen and oxygen atoms in total. The van der Waals surface area contributed by atoms with Gasteiger partial charge in [-0.1, -0.05) is 0 Å². The van der Waals surface area contributed by atoms with Gasteiger partial charge in [-0.2, -0.15) is 0 Å². The van der Waals surface area contributed by atoms with Crippen LogP contribution in [0.3, 0.4) is 0 Å². The Labute approximate surface area is 118 Å². The fraction of sp³-hybridized carbons (Fsp3) is 1.00. The van der Waals surface area contributed by atoms with Gasteiger partial charge in [0, 0.05) is 37.8 Å². The highest BCUT2D eigenvalue weighted by atomic mass is 16.5. The maximum absolute atomic E-state index is 6.03. The molecule has 0 bridgehead atoms. The van der Waals surface area contributed by atoms with Gasteiger partial charge < -0.3 is 9.47 Å². The minimum Gasteiger partial charge on any atom is -0.379 e. The largest absolute Gasteiger partial charge is 0.379 e. The SMILES string of the molecule is CC(CC1OCCN(C(C)C)C1C)N1CCOCC1. The van der Waals surface area contributed by atoms with Crippen LogP contribution in [0.5, 0.6) is 0 Å². The Bertz CT molecular complexity index is 267. The molecule has 0 aliphatic carbocycles. The number of ether oxygens (including phenoxy) is 2. The lowest BCUT2D eigenvalue weighted by Crippen LogP contribution is -2.54. The molecule has 2 fully saturated rings. The molecule has 0 aromatic carbocycles. The molecule has 0 spiro atoms. The summed E-state index contributed by atoms with van der Waals surface area (Å²) in [5, 5.41) is 0. The molecule has 3 atom stereocenters. The van der Waals surface area contributed by atoms with E-state index in [1.807, 2.05) is 0 Å². The summed E-state index contributed by atoms with van der Waals surface area (Å²) in [7, 11) is 0. The molecular formula is C15H30N2O2. The van der Waals surface area contributed by atoms with Gasteiger partial charge in [0.25, 0.3) is 0 Å². The molecule has 2 aliphatic heterocycles. The predicted octanol–water partition coefficient (Wildman–Crippen LogP) is 1.59. The average Bonchev–Trinajstić information content (AvgIpc) is 2.41. The smallest absolute Gasteiger partial charge is 0.0743 e. The van der Waals surface area contributed by atoms with Gasteiger partial charge in [-0.25, -0.2) is 0 Å². The summed E-state index contributed by atoms with van der Waals surface area (Å²) in [6.07, 6.45) is 1.50. The van der Waals surface area contributed by atoms with Crippen LogP contribution < -0.4 is 0 Å². The van der Waals surface area contributed by atoms with Gasteiger partial charge >= 0.3 is 0 Å². The normalized spacial score (nSPS) is 32.7. The fourth-order valence-corrected chi connectivity index (χ4v) is 3.36. The summed E-state index contributed by atoms with van der Waals surface area (Å²) in [5.74, 6) is 0. The van der Waals surface area contributed by atoms with E-state index in [1.54, 1.807) is 0 Å². The second kappa shape index (κ2) is 7.02. The number of morpholine rings is 2. The summed E-state index contributed by atoms with van der Waals surface area (Å²) in [5.41, 5.74) is 0. The highest BCUT2D eigenvalue weighted by Gasteiger charge is 2.32. The number of hydrogen-bond donors (Lipinski definition) is 0. The summed E-state index contributed by atoms with van der Waals surface area (Å²) >= 11 is 0. The van der Waals surface area contributed by atoms with Crippen LogP contribution in [-0.2, 0) is 9.47 Å². The van der Waals surface area contributed by atoms with Crippen LogP contribution in [0, 0.1) is 0 Å². The third-order valence-corrected chi connectivity index (χ3v) is 4.65. The second-order valence-electron chi connectivity index (χ2n) is 6.21. The lowest BCUT2D eigenvalue weighted by atomic mass is 9.99. The summed E-state index contributed by atoms with van der Waals surface area (Å²) in [4.78, 5) is 5.11. The molecule has 0 saturated carbocycles. The molecule has 2 saturated heterocycles. The van der Waals surface area contributed by atoms with Crippen molar-refractivity contribution in [3.63, 3.8) is 0 Å². The number of hydrogen-bond acceptors (Lipinski definition) is 4. The first kappa shape index (κ1) is 15.2. The molecule has 2 heterocycles. The van der Waals surface area contributed by atoms with Crippen molar-refractivity contribution in [3.05, 3.63) is 0 Å². The van der Waals surface area contributed by atoms with Crippen molar-refractivity contribution in [3.8, 4) is 0 Å². The van der Waals surface area contributed by atoms with E-state index in [0.717, 1.165) is 45.9 Å². The lowest BCUT2D eigenvalue weighted by Gasteiger charge is -2.43. The van der Waals surface area contributed by atoms with E-state index in [0.29, 0.717) is 24.2 Å². The Morgan fingerprint density at radius 3 is 2.37 bits per heavy atom. The van der Waals surface area contributed by atoms with Crippen molar-refractivity contribution >= 4 is 0 Å². The molecule has 2 rings (SSSR count). The maximum Gasteiger partial charge on any atom is 0.0743 e. The van der Waals surface area contributed by atoms with Gasteiger partial charge in [-0.15, -0.1) is 0 Å². The third-order valence-electron chi connectivity index (χ3n) is 4.65. The Kier molecular flexibility index (Phi) is 5.63. The van der Waals surface area contributed by atoms with Crippen LogP contribution in [0.15, 0.2) is 0 Å². The summed E-state index contributed by atoms with van der Waals surface area (Å²) in [6.45, 7) is 15.0. The van der Waals surface area contributed by atoms with E-state index >= 15 is 0 Å². The Morgan fingerprint density at radius 1 is 1.05 bits per heavy atom. The summed E-state index contributed by atoms with van der Waals surface area (Å²) < 4.78 is 11.5. The standard InChI is InChI=1S/C15H30N2O2/c1-12(2)17-7-10-19-15(14(17)4)11-13(3)16-5-8-18-9-6-16/h12-15H,5-11H2,1-4H3. The van der Waals surface area contributed by atoms with Gasteiger partial charge in [0.15, 0.2) is 0 Å². The molecule has 4 heteroatoms. The topological polar surface area (TPSA) is 24.9 Å². The highest BCUT2D eigenvalue weighted by molar-refractivity contribution is 4.85. The van der Waals surface area contributed by atoms with Gasteiger partial charge in [0.2, 0.25) is 0 Å². The van der Waals surface area contributed by atoms with E-state index in [1.165, 1.54) is 0 Å². The second-order valence-corrected chi connectivity index (χ2v) is 6.21. The minimum absolute atomic E-state index is 0.369. The zero-order chi connectivity index (χ0) is 13.8. The maximum atomic E-state index is 6.03. The monoisotopic (exact) mass is 270 g/mol. The van der Waals surface area contributed by atoms with Crippen LogP contribution in [0.2, 0.25) is 0 Å². The molecule has 2 aliphatic rings. The molecule has 0 N–H and O–H groups in total. The fourth-order valence-electron chi connectivity index (χ4n) is 3.36. The van der Waals surface area contributed by atoms with Gasteiger partial charge in [0.1, 0.15) is 0 Å². The predicted molar refractivity (Wildman–Crippen MR) is 77.5 cm³/mol.